The largest absolute Gasteiger partial charge is 0.311 e. The Morgan fingerprint density at radius 3 is 1.60 bits per heavy atom. The smallest absolute Gasteiger partial charge is 0.252 e. The van der Waals surface area contributed by atoms with Crippen LogP contribution in [0.1, 0.15) is 174 Å². The monoisotopic (exact) mass is 857 g/mol. The molecule has 0 atom stereocenters. The molecular formula is C62H73BN2. The molecule has 1 saturated carbocycles. The van der Waals surface area contributed by atoms with Gasteiger partial charge in [-0.15, -0.1) is 0 Å². The van der Waals surface area contributed by atoms with Crippen LogP contribution in [0, 0.1) is 0 Å². The number of nitrogens with zero attached hydrogens (tertiary/aromatic N) is 2. The lowest BCUT2D eigenvalue weighted by molar-refractivity contribution is 0.332. The van der Waals surface area contributed by atoms with E-state index in [1.54, 1.807) is 0 Å². The number of hydrogen-bond donors (Lipinski definition) is 0. The topological polar surface area (TPSA) is 6.48 Å². The molecule has 2 heterocycles. The normalized spacial score (nSPS) is 17.9. The fourth-order valence-electron chi connectivity index (χ4n) is 11.9. The Morgan fingerprint density at radius 2 is 1.00 bits per heavy atom. The van der Waals surface area contributed by atoms with Crippen molar-refractivity contribution < 1.29 is 0 Å². The number of rotatable bonds is 4. The minimum absolute atomic E-state index is 0.000778. The summed E-state index contributed by atoms with van der Waals surface area (Å²) >= 11 is 0. The molecular weight excluding hydrogens is 784 g/mol. The zero-order valence-electron chi connectivity index (χ0n) is 42.0. The average molecular weight is 857 g/mol. The summed E-state index contributed by atoms with van der Waals surface area (Å²) < 4.78 is 0. The van der Waals surface area contributed by atoms with E-state index < -0.39 is 0 Å². The molecule has 0 amide bonds. The van der Waals surface area contributed by atoms with Gasteiger partial charge in [-0.05, 0) is 163 Å². The minimum Gasteiger partial charge on any atom is -0.311 e. The summed E-state index contributed by atoms with van der Waals surface area (Å²) in [6.45, 7) is 31.2. The van der Waals surface area contributed by atoms with Gasteiger partial charge in [0.15, 0.2) is 0 Å². The summed E-state index contributed by atoms with van der Waals surface area (Å²) in [6, 6.07) is 46.4. The molecule has 2 aliphatic heterocycles. The molecule has 65 heavy (non-hydrogen) atoms. The van der Waals surface area contributed by atoms with Gasteiger partial charge in [-0.3, -0.25) is 0 Å². The third-order valence-electron chi connectivity index (χ3n) is 16.2. The second kappa shape index (κ2) is 15.3. The Morgan fingerprint density at radius 1 is 0.477 bits per heavy atom. The van der Waals surface area contributed by atoms with Gasteiger partial charge in [-0.1, -0.05) is 176 Å². The summed E-state index contributed by atoms with van der Waals surface area (Å²) in [6.07, 6.45) is 8.79. The van der Waals surface area contributed by atoms with E-state index in [-0.39, 0.29) is 33.8 Å². The van der Waals surface area contributed by atoms with Crippen LogP contribution in [0.2, 0.25) is 0 Å². The van der Waals surface area contributed by atoms with E-state index in [9.17, 15) is 0 Å². The Labute approximate surface area is 393 Å². The molecule has 0 radical (unpaired) electrons. The van der Waals surface area contributed by atoms with Crippen molar-refractivity contribution in [1.29, 1.82) is 0 Å². The van der Waals surface area contributed by atoms with Gasteiger partial charge in [0.25, 0.3) is 6.71 Å². The molecule has 0 saturated heterocycles. The molecule has 0 bridgehead atoms. The predicted molar refractivity (Wildman–Crippen MR) is 283 cm³/mol. The van der Waals surface area contributed by atoms with Crippen molar-refractivity contribution in [2.75, 3.05) is 9.80 Å². The Hall–Kier alpha value is -5.02. The fourth-order valence-corrected chi connectivity index (χ4v) is 11.9. The summed E-state index contributed by atoms with van der Waals surface area (Å²) in [5, 5.41) is 0. The molecule has 2 nitrogen and oxygen atoms in total. The number of fused-ring (bicyclic) bond motifs is 5. The van der Waals surface area contributed by atoms with Crippen LogP contribution in [-0.2, 0) is 27.1 Å². The summed E-state index contributed by atoms with van der Waals surface area (Å²) in [7, 11) is 0. The van der Waals surface area contributed by atoms with Gasteiger partial charge in [0.1, 0.15) is 0 Å². The second-order valence-electron chi connectivity index (χ2n) is 24.8. The van der Waals surface area contributed by atoms with Crippen LogP contribution in [0.5, 0.6) is 0 Å². The molecule has 6 aromatic rings. The first-order chi connectivity index (χ1) is 30.6. The quantitative estimate of drug-likeness (QED) is 0.163. The van der Waals surface area contributed by atoms with Gasteiger partial charge in [0.2, 0.25) is 0 Å². The molecule has 3 heteroatoms. The van der Waals surface area contributed by atoms with Gasteiger partial charge in [0, 0.05) is 34.0 Å². The molecule has 2 aliphatic carbocycles. The van der Waals surface area contributed by atoms with Gasteiger partial charge in [-0.2, -0.15) is 0 Å². The van der Waals surface area contributed by atoms with E-state index in [1.807, 2.05) is 0 Å². The molecule has 1 fully saturated rings. The van der Waals surface area contributed by atoms with E-state index in [0.717, 1.165) is 0 Å². The van der Waals surface area contributed by atoms with Crippen molar-refractivity contribution in [2.45, 2.75) is 168 Å². The van der Waals surface area contributed by atoms with Gasteiger partial charge in [-0.25, -0.2) is 0 Å². The minimum atomic E-state index is -0.00700. The molecule has 0 unspecified atom stereocenters. The van der Waals surface area contributed by atoms with Crippen LogP contribution in [0.15, 0.2) is 115 Å². The lowest BCUT2D eigenvalue weighted by Crippen LogP contribution is -2.62. The number of benzene rings is 6. The molecule has 6 aromatic carbocycles. The Balaban J connectivity index is 1.36. The zero-order chi connectivity index (χ0) is 46.0. The van der Waals surface area contributed by atoms with Crippen molar-refractivity contribution in [3.63, 3.8) is 0 Å². The van der Waals surface area contributed by atoms with Crippen LogP contribution in [0.4, 0.5) is 34.1 Å². The highest BCUT2D eigenvalue weighted by atomic mass is 15.2. The lowest BCUT2D eigenvalue weighted by Gasteiger charge is -2.48. The average Bonchev–Trinajstić information content (AvgIpc) is 3.27. The second-order valence-corrected chi connectivity index (χ2v) is 24.8. The maximum atomic E-state index is 2.75. The first-order valence-corrected chi connectivity index (χ1v) is 25.0. The first-order valence-electron chi connectivity index (χ1n) is 25.0. The van der Waals surface area contributed by atoms with Gasteiger partial charge < -0.3 is 9.80 Å². The SMILES string of the molecule is CC(C)(C)c1ccc(N2c3ccc(C(C)(C)C)cc3B3c4cc5c(cc4N(c4ccc(C(C)(C)C)cc4-c4ccccc4)c4cc(C6CCCCC6)cc2c43)C(C)(C)CCC5(C)C)cc1. The van der Waals surface area contributed by atoms with Crippen LogP contribution in [0.25, 0.3) is 11.1 Å². The van der Waals surface area contributed by atoms with Crippen molar-refractivity contribution in [1.82, 2.24) is 0 Å². The van der Waals surface area contributed by atoms with Crippen molar-refractivity contribution in [2.24, 2.45) is 0 Å². The maximum Gasteiger partial charge on any atom is 0.252 e. The molecule has 334 valence electrons. The lowest BCUT2D eigenvalue weighted by atomic mass is 9.33. The van der Waals surface area contributed by atoms with E-state index in [1.165, 1.54) is 140 Å². The van der Waals surface area contributed by atoms with Crippen LogP contribution >= 0.6 is 0 Å². The number of anilines is 6. The van der Waals surface area contributed by atoms with Crippen molar-refractivity contribution in [3.8, 4) is 11.1 Å². The van der Waals surface area contributed by atoms with E-state index in [0.29, 0.717) is 5.92 Å². The van der Waals surface area contributed by atoms with Crippen LogP contribution in [0.3, 0.4) is 0 Å². The fraction of sp³-hybridized carbons (Fsp3) is 0.419. The molecule has 0 spiro atoms. The number of hydrogen-bond acceptors (Lipinski definition) is 2. The Bertz CT molecular complexity index is 2800. The third kappa shape index (κ3) is 7.48. The van der Waals surface area contributed by atoms with E-state index in [4.69, 9.17) is 0 Å². The molecule has 0 aromatic heterocycles. The van der Waals surface area contributed by atoms with Crippen molar-refractivity contribution in [3.05, 3.63) is 149 Å². The molecule has 10 rings (SSSR count). The Kier molecular flexibility index (Phi) is 10.3. The highest BCUT2D eigenvalue weighted by Gasteiger charge is 2.47. The van der Waals surface area contributed by atoms with Gasteiger partial charge >= 0.3 is 0 Å². The summed E-state index contributed by atoms with van der Waals surface area (Å²) in [5.41, 5.74) is 23.5. The van der Waals surface area contributed by atoms with Crippen LogP contribution < -0.4 is 26.2 Å². The van der Waals surface area contributed by atoms with Crippen molar-refractivity contribution >= 4 is 57.2 Å². The highest BCUT2D eigenvalue weighted by Crippen LogP contribution is 2.53. The zero-order valence-corrected chi connectivity index (χ0v) is 42.0. The van der Waals surface area contributed by atoms with Gasteiger partial charge in [0.05, 0.1) is 5.69 Å². The standard InChI is InChI=1S/C62H73BN2/c1-58(2,3)43-24-28-46(29-25-43)64-53-31-27-45(60(7,8)9)37-50(53)63-51-38-48-49(62(12,13)33-32-61(48,10)11)39-54(51)65(56-35-42(34-55(64)57(56)63)40-20-16-14-17-21-40)52-30-26-44(59(4,5)6)36-47(52)41-22-18-15-19-23-41/h15,18-19,22-31,34-40H,14,16-17,20-21,32-33H2,1-13H3. The van der Waals surface area contributed by atoms with E-state index in [2.05, 4.69) is 215 Å². The summed E-state index contributed by atoms with van der Waals surface area (Å²) in [5.74, 6) is 0.530. The first kappa shape index (κ1) is 43.9. The maximum absolute atomic E-state index is 2.75. The molecule has 0 N–H and O–H groups in total. The van der Waals surface area contributed by atoms with Crippen LogP contribution in [-0.4, -0.2) is 6.71 Å². The highest BCUT2D eigenvalue weighted by molar-refractivity contribution is 7.00. The predicted octanol–water partition coefficient (Wildman–Crippen LogP) is 15.7. The van der Waals surface area contributed by atoms with E-state index >= 15 is 0 Å². The summed E-state index contributed by atoms with van der Waals surface area (Å²) in [4.78, 5) is 5.41. The molecule has 4 aliphatic rings. The third-order valence-corrected chi connectivity index (χ3v) is 16.2.